The molecule has 3 heteroatoms. The van der Waals surface area contributed by atoms with Crippen molar-refractivity contribution in [1.29, 1.82) is 5.26 Å². The summed E-state index contributed by atoms with van der Waals surface area (Å²) >= 11 is 0. The van der Waals surface area contributed by atoms with Crippen LogP contribution < -0.4 is 0 Å². The standard InChI is InChI=1S/C13H19N3/c1-3-16(11-12(2)10-14)9-7-13-6-4-5-8-15-13/h4-6,8,12H,3,7,9,11H2,1-2H3. The zero-order valence-electron chi connectivity index (χ0n) is 10.1. The topological polar surface area (TPSA) is 39.9 Å². The molecule has 1 rings (SSSR count). The van der Waals surface area contributed by atoms with Gasteiger partial charge in [0, 0.05) is 31.4 Å². The molecule has 0 N–H and O–H groups in total. The number of nitrogens with zero attached hydrogens (tertiary/aromatic N) is 3. The fourth-order valence-corrected chi connectivity index (χ4v) is 1.63. The smallest absolute Gasteiger partial charge is 0.0666 e. The molecule has 0 aromatic carbocycles. The molecule has 0 spiro atoms. The molecule has 1 aromatic rings. The molecule has 0 radical (unpaired) electrons. The van der Waals surface area contributed by atoms with Gasteiger partial charge in [-0.15, -0.1) is 0 Å². The SMILES string of the molecule is CCN(CCc1ccccn1)CC(C)C#N. The van der Waals surface area contributed by atoms with E-state index in [0.29, 0.717) is 0 Å². The van der Waals surface area contributed by atoms with E-state index in [0.717, 1.165) is 31.7 Å². The summed E-state index contributed by atoms with van der Waals surface area (Å²) in [5, 5.41) is 8.78. The lowest BCUT2D eigenvalue weighted by atomic mass is 10.2. The molecule has 16 heavy (non-hydrogen) atoms. The molecule has 1 unspecified atom stereocenters. The second-order valence-corrected chi connectivity index (χ2v) is 3.99. The summed E-state index contributed by atoms with van der Waals surface area (Å²) in [4.78, 5) is 6.59. The predicted octanol–water partition coefficient (Wildman–Crippen LogP) is 2.11. The number of aromatic nitrogens is 1. The fourth-order valence-electron chi connectivity index (χ4n) is 1.63. The molecule has 0 saturated heterocycles. The van der Waals surface area contributed by atoms with Crippen molar-refractivity contribution in [3.05, 3.63) is 30.1 Å². The molecule has 0 saturated carbocycles. The third-order valence-corrected chi connectivity index (χ3v) is 2.61. The van der Waals surface area contributed by atoms with Crippen molar-refractivity contribution in [3.63, 3.8) is 0 Å². The molecular weight excluding hydrogens is 198 g/mol. The Morgan fingerprint density at radius 2 is 2.31 bits per heavy atom. The van der Waals surface area contributed by atoms with Gasteiger partial charge >= 0.3 is 0 Å². The molecule has 3 nitrogen and oxygen atoms in total. The van der Waals surface area contributed by atoms with E-state index in [4.69, 9.17) is 5.26 Å². The average molecular weight is 217 g/mol. The third-order valence-electron chi connectivity index (χ3n) is 2.61. The minimum atomic E-state index is 0.101. The van der Waals surface area contributed by atoms with Gasteiger partial charge in [0.05, 0.1) is 12.0 Å². The van der Waals surface area contributed by atoms with Gasteiger partial charge in [0.25, 0.3) is 0 Å². The maximum atomic E-state index is 8.78. The lowest BCUT2D eigenvalue weighted by Crippen LogP contribution is -2.30. The molecule has 86 valence electrons. The summed E-state index contributed by atoms with van der Waals surface area (Å²) in [5.41, 5.74) is 1.12. The highest BCUT2D eigenvalue weighted by atomic mass is 15.1. The van der Waals surface area contributed by atoms with Crippen LogP contribution in [0.25, 0.3) is 0 Å². The van der Waals surface area contributed by atoms with E-state index in [9.17, 15) is 0 Å². The lowest BCUT2D eigenvalue weighted by molar-refractivity contribution is 0.271. The van der Waals surface area contributed by atoms with Crippen LogP contribution in [0.2, 0.25) is 0 Å². The molecule has 1 heterocycles. The van der Waals surface area contributed by atoms with Crippen LogP contribution >= 0.6 is 0 Å². The Morgan fingerprint density at radius 3 is 2.88 bits per heavy atom. The van der Waals surface area contributed by atoms with Crippen LogP contribution in [0.15, 0.2) is 24.4 Å². The second-order valence-electron chi connectivity index (χ2n) is 3.99. The maximum Gasteiger partial charge on any atom is 0.0666 e. The Labute approximate surface area is 97.7 Å². The second kappa shape index (κ2) is 6.97. The number of pyridine rings is 1. The van der Waals surface area contributed by atoms with Crippen LogP contribution in [0.4, 0.5) is 0 Å². The first-order valence-corrected chi connectivity index (χ1v) is 5.78. The molecule has 0 bridgehead atoms. The van der Waals surface area contributed by atoms with E-state index in [2.05, 4.69) is 22.9 Å². The highest BCUT2D eigenvalue weighted by Crippen LogP contribution is 2.01. The summed E-state index contributed by atoms with van der Waals surface area (Å²) in [6, 6.07) is 8.25. The van der Waals surface area contributed by atoms with Crippen molar-refractivity contribution in [2.75, 3.05) is 19.6 Å². The first kappa shape index (κ1) is 12.7. The van der Waals surface area contributed by atoms with Crippen LogP contribution in [0.5, 0.6) is 0 Å². The van der Waals surface area contributed by atoms with E-state index < -0.39 is 0 Å². The van der Waals surface area contributed by atoms with Crippen molar-refractivity contribution in [3.8, 4) is 6.07 Å². The number of hydrogen-bond donors (Lipinski definition) is 0. The van der Waals surface area contributed by atoms with Crippen molar-refractivity contribution in [1.82, 2.24) is 9.88 Å². The molecule has 0 aliphatic carbocycles. The van der Waals surface area contributed by atoms with Gasteiger partial charge in [-0.25, -0.2) is 0 Å². The van der Waals surface area contributed by atoms with Gasteiger partial charge < -0.3 is 4.90 Å². The number of nitriles is 1. The quantitative estimate of drug-likeness (QED) is 0.732. The largest absolute Gasteiger partial charge is 0.302 e. The van der Waals surface area contributed by atoms with Gasteiger partial charge in [0.2, 0.25) is 0 Å². The van der Waals surface area contributed by atoms with Crippen molar-refractivity contribution >= 4 is 0 Å². The highest BCUT2D eigenvalue weighted by molar-refractivity contribution is 5.03. The molecule has 1 atom stereocenters. The summed E-state index contributed by atoms with van der Waals surface area (Å²) < 4.78 is 0. The monoisotopic (exact) mass is 217 g/mol. The van der Waals surface area contributed by atoms with Gasteiger partial charge in [0.1, 0.15) is 0 Å². The summed E-state index contributed by atoms with van der Waals surface area (Å²) in [6.45, 7) is 6.89. The van der Waals surface area contributed by atoms with Crippen molar-refractivity contribution < 1.29 is 0 Å². The zero-order valence-corrected chi connectivity index (χ0v) is 10.1. The third kappa shape index (κ3) is 4.41. The first-order chi connectivity index (χ1) is 7.76. The van der Waals surface area contributed by atoms with E-state index in [1.165, 1.54) is 0 Å². The van der Waals surface area contributed by atoms with Gasteiger partial charge in [-0.2, -0.15) is 5.26 Å². The molecule has 1 aromatic heterocycles. The van der Waals surface area contributed by atoms with Gasteiger partial charge in [0.15, 0.2) is 0 Å². The Kier molecular flexibility index (Phi) is 5.52. The summed E-state index contributed by atoms with van der Waals surface area (Å²) in [6.07, 6.45) is 2.77. The Balaban J connectivity index is 2.38. The van der Waals surface area contributed by atoms with E-state index in [1.807, 2.05) is 31.3 Å². The zero-order chi connectivity index (χ0) is 11.8. The normalized spacial score (nSPS) is 12.4. The lowest BCUT2D eigenvalue weighted by Gasteiger charge is -2.21. The number of likely N-dealkylation sites (N-methyl/N-ethyl adjacent to an activating group) is 1. The van der Waals surface area contributed by atoms with E-state index >= 15 is 0 Å². The predicted molar refractivity (Wildman–Crippen MR) is 64.8 cm³/mol. The molecule has 0 amide bonds. The Bertz CT molecular complexity index is 329. The average Bonchev–Trinajstić information content (AvgIpc) is 2.35. The van der Waals surface area contributed by atoms with Crippen LogP contribution in [-0.4, -0.2) is 29.5 Å². The Hall–Kier alpha value is -1.40. The van der Waals surface area contributed by atoms with Gasteiger partial charge in [-0.3, -0.25) is 4.98 Å². The Morgan fingerprint density at radius 1 is 1.50 bits per heavy atom. The number of hydrogen-bond acceptors (Lipinski definition) is 3. The van der Waals surface area contributed by atoms with Crippen molar-refractivity contribution in [2.24, 2.45) is 5.92 Å². The molecule has 0 fully saturated rings. The van der Waals surface area contributed by atoms with Gasteiger partial charge in [-0.1, -0.05) is 13.0 Å². The van der Waals surface area contributed by atoms with E-state index in [1.54, 1.807) is 0 Å². The summed E-state index contributed by atoms with van der Waals surface area (Å²) in [5.74, 6) is 0.101. The first-order valence-electron chi connectivity index (χ1n) is 5.78. The minimum absolute atomic E-state index is 0.101. The van der Waals surface area contributed by atoms with Crippen LogP contribution in [0.3, 0.4) is 0 Å². The molecule has 0 aliphatic rings. The number of rotatable bonds is 6. The fraction of sp³-hybridized carbons (Fsp3) is 0.538. The highest BCUT2D eigenvalue weighted by Gasteiger charge is 2.07. The molecule has 0 aliphatic heterocycles. The minimum Gasteiger partial charge on any atom is -0.302 e. The van der Waals surface area contributed by atoms with Gasteiger partial charge in [-0.05, 0) is 25.6 Å². The van der Waals surface area contributed by atoms with Crippen LogP contribution in [0, 0.1) is 17.2 Å². The van der Waals surface area contributed by atoms with Crippen molar-refractivity contribution in [2.45, 2.75) is 20.3 Å². The molecular formula is C13H19N3. The summed E-state index contributed by atoms with van der Waals surface area (Å²) in [7, 11) is 0. The van der Waals surface area contributed by atoms with Crippen LogP contribution in [-0.2, 0) is 6.42 Å². The van der Waals surface area contributed by atoms with Crippen LogP contribution in [0.1, 0.15) is 19.5 Å². The van der Waals surface area contributed by atoms with E-state index in [-0.39, 0.29) is 5.92 Å². The maximum absolute atomic E-state index is 8.78.